The van der Waals surface area contributed by atoms with Gasteiger partial charge in [-0.05, 0) is 298 Å². The molecule has 4 unspecified atom stereocenters. The highest BCUT2D eigenvalue weighted by Gasteiger charge is 2.35. The molecular formula is C98H102Cl4N8. The zero-order valence-electron chi connectivity index (χ0n) is 66.3. The van der Waals surface area contributed by atoms with Crippen molar-refractivity contribution in [3.8, 4) is 12.0 Å². The topological polar surface area (TPSA) is 32.7 Å². The molecule has 0 bridgehead atoms. The lowest BCUT2D eigenvalue weighted by atomic mass is 9.92. The number of nitrogens with zero attached hydrogens (tertiary/aromatic N) is 8. The van der Waals surface area contributed by atoms with E-state index in [1.165, 1.54) is 150 Å². The molecule has 13 aromatic rings. The van der Waals surface area contributed by atoms with Crippen LogP contribution in [-0.2, 0) is 25.7 Å². The van der Waals surface area contributed by atoms with Crippen LogP contribution in [0.4, 0.5) is 0 Å². The van der Waals surface area contributed by atoms with Gasteiger partial charge in [0.25, 0.3) is 0 Å². The van der Waals surface area contributed by atoms with Crippen molar-refractivity contribution in [3.05, 3.63) is 315 Å². The van der Waals surface area contributed by atoms with Gasteiger partial charge in [0.05, 0.1) is 45.9 Å². The van der Waals surface area contributed by atoms with Crippen LogP contribution in [0.1, 0.15) is 174 Å². The maximum absolute atomic E-state index is 6.12. The minimum Gasteiger partial charge on any atom is -0.318 e. The normalized spacial score (nSPS) is 17.6. The van der Waals surface area contributed by atoms with E-state index in [-0.39, 0.29) is 6.04 Å². The fraction of sp³-hybridized carbons (Fsp3) is 0.286. The molecule has 4 atom stereocenters. The second kappa shape index (κ2) is 33.5. The number of aryl methyl sites for hydroxylation is 4. The molecule has 4 aromatic heterocycles. The Bertz CT molecular complexity index is 5700. The van der Waals surface area contributed by atoms with E-state index in [1.807, 2.05) is 60.7 Å². The number of hydrogen-bond donors (Lipinski definition) is 0. The van der Waals surface area contributed by atoms with Gasteiger partial charge in [-0.1, -0.05) is 174 Å². The predicted octanol–water partition coefficient (Wildman–Crippen LogP) is 25.3. The highest BCUT2D eigenvalue weighted by molar-refractivity contribution is 6.31. The van der Waals surface area contributed by atoms with Crippen LogP contribution in [0.2, 0.25) is 20.1 Å². The van der Waals surface area contributed by atoms with Gasteiger partial charge >= 0.3 is 0 Å². The number of benzene rings is 9. The minimum absolute atomic E-state index is 0.229. The maximum atomic E-state index is 6.12. The fourth-order valence-electron chi connectivity index (χ4n) is 17.4. The number of rotatable bonds is 9. The Labute approximate surface area is 672 Å². The molecule has 0 aliphatic carbocycles. The van der Waals surface area contributed by atoms with Crippen molar-refractivity contribution in [2.75, 3.05) is 54.4 Å². The quantitative estimate of drug-likeness (QED) is 0.135. The molecule has 0 spiro atoms. The van der Waals surface area contributed by atoms with Crippen LogP contribution < -0.4 is 0 Å². The summed E-state index contributed by atoms with van der Waals surface area (Å²) in [6, 6.07) is 75.1. The number of fused-ring (bicyclic) bond motifs is 12. The Kier molecular flexibility index (Phi) is 23.6. The molecule has 110 heavy (non-hydrogen) atoms. The standard InChI is InChI=1S/C28H27ClN2.C24H27ClN2.C23H25ClN2.C23H23ClN2/c1-19-9-14-26-25(17-19)24-15-16-30(3)27(22-7-5-4-6-8-22)28(24)31(26)18-20(2)21-10-12-23(29)13-11-21;1-5-22-24-20(12-13-26(22)4)21-14-16(2)6-11-23(21)27(24)15-17(3)18-7-9-19(25)10-8-18;1-15-5-10-22-21(13-15)20-11-12-25(4)17(3)23(20)26(22)14-16(2)18-6-8-19(24)9-7-18;1-4-21-23-19(12-13-25(21)3)20-15-16(2)5-10-22(20)26(23)14-11-17-6-8-18(24)9-7-17/h4-14,17-18,27H,15-16H2,1-3H3;6-11,14-15,22H,5,12-13H2,1-4H3;5-10,13-14,17H,11-12H2,1-4H3;5-10,15,21H,4,12-13H2,1-3H3/b20-18+;17-15+;16-14+;. The van der Waals surface area contributed by atoms with Crippen LogP contribution in [0.3, 0.4) is 0 Å². The lowest BCUT2D eigenvalue weighted by molar-refractivity contribution is 0.219. The molecule has 0 saturated heterocycles. The van der Waals surface area contributed by atoms with E-state index in [4.69, 9.17) is 46.4 Å². The minimum atomic E-state index is 0.229. The molecule has 0 amide bonds. The largest absolute Gasteiger partial charge is 0.318 e. The first-order valence-electron chi connectivity index (χ1n) is 39.1. The van der Waals surface area contributed by atoms with E-state index >= 15 is 0 Å². The first kappa shape index (κ1) is 77.6. The maximum Gasteiger partial charge on any atom is 0.0760 e. The van der Waals surface area contributed by atoms with Crippen LogP contribution in [0.5, 0.6) is 0 Å². The average Bonchev–Trinajstić information content (AvgIpc) is 1.60. The zero-order valence-corrected chi connectivity index (χ0v) is 69.3. The van der Waals surface area contributed by atoms with Gasteiger partial charge < -0.3 is 13.7 Å². The molecule has 0 saturated carbocycles. The number of likely N-dealkylation sites (N-methyl/N-ethyl adjacent to an activating group) is 4. The summed E-state index contributed by atoms with van der Waals surface area (Å²) in [4.78, 5) is 9.87. The molecule has 0 N–H and O–H groups in total. The van der Waals surface area contributed by atoms with E-state index in [0.717, 1.165) is 90.4 Å². The molecule has 0 fully saturated rings. The van der Waals surface area contributed by atoms with Crippen LogP contribution in [0.15, 0.2) is 200 Å². The van der Waals surface area contributed by atoms with Gasteiger partial charge in [-0.3, -0.25) is 24.2 Å². The summed E-state index contributed by atoms with van der Waals surface area (Å²) in [6.45, 7) is 26.5. The van der Waals surface area contributed by atoms with Crippen molar-refractivity contribution in [1.82, 2.24) is 37.9 Å². The van der Waals surface area contributed by atoms with Crippen LogP contribution in [0, 0.1) is 39.7 Å². The van der Waals surface area contributed by atoms with E-state index in [0.29, 0.717) is 18.1 Å². The molecule has 4 aliphatic rings. The molecule has 8 heterocycles. The van der Waals surface area contributed by atoms with Gasteiger partial charge in [0.2, 0.25) is 0 Å². The average molecular weight is 1530 g/mol. The summed E-state index contributed by atoms with van der Waals surface area (Å²) in [5.74, 6) is 3.33. The van der Waals surface area contributed by atoms with Gasteiger partial charge in [-0.25, -0.2) is 0 Å². The third kappa shape index (κ3) is 15.9. The molecule has 9 aromatic carbocycles. The predicted molar refractivity (Wildman–Crippen MR) is 472 cm³/mol. The Morgan fingerprint density at radius 2 is 0.718 bits per heavy atom. The highest BCUT2D eigenvalue weighted by Crippen LogP contribution is 2.45. The van der Waals surface area contributed by atoms with Gasteiger partial charge in [-0.15, -0.1) is 0 Å². The summed E-state index contributed by atoms with van der Waals surface area (Å²) in [7, 11) is 8.93. The molecule has 8 nitrogen and oxygen atoms in total. The Morgan fingerprint density at radius 1 is 0.382 bits per heavy atom. The van der Waals surface area contributed by atoms with Gasteiger partial charge in [0.1, 0.15) is 0 Å². The summed E-state index contributed by atoms with van der Waals surface area (Å²) in [6.07, 6.45) is 13.5. The van der Waals surface area contributed by atoms with Gasteiger partial charge in [0.15, 0.2) is 0 Å². The molecule has 4 aliphatic heterocycles. The zero-order chi connectivity index (χ0) is 77.3. The van der Waals surface area contributed by atoms with E-state index in [9.17, 15) is 0 Å². The van der Waals surface area contributed by atoms with Crippen molar-refractivity contribution in [2.24, 2.45) is 0 Å². The third-order valence-electron chi connectivity index (χ3n) is 23.4. The van der Waals surface area contributed by atoms with Crippen molar-refractivity contribution >= 4 is 125 Å². The third-order valence-corrected chi connectivity index (χ3v) is 24.4. The number of allylic oxidation sites excluding steroid dienone is 3. The molecule has 17 rings (SSSR count). The summed E-state index contributed by atoms with van der Waals surface area (Å²) >= 11 is 24.2. The number of hydrogen-bond acceptors (Lipinski definition) is 4. The Morgan fingerprint density at radius 3 is 1.15 bits per heavy atom. The second-order valence-corrected chi connectivity index (χ2v) is 32.7. The molecule has 562 valence electrons. The lowest BCUT2D eigenvalue weighted by Gasteiger charge is -2.34. The summed E-state index contributed by atoms with van der Waals surface area (Å²) in [5, 5.41) is 8.61. The van der Waals surface area contributed by atoms with E-state index in [1.54, 1.807) is 0 Å². The smallest absolute Gasteiger partial charge is 0.0760 e. The summed E-state index contributed by atoms with van der Waals surface area (Å²) < 4.78 is 9.51. The number of aromatic nitrogens is 4. The van der Waals surface area contributed by atoms with Crippen LogP contribution >= 0.6 is 46.4 Å². The molecule has 12 heteroatoms. The highest BCUT2D eigenvalue weighted by atomic mass is 35.5. The number of halogens is 4. The van der Waals surface area contributed by atoms with Crippen molar-refractivity contribution in [1.29, 1.82) is 0 Å². The van der Waals surface area contributed by atoms with Crippen molar-refractivity contribution in [2.45, 2.75) is 132 Å². The summed E-state index contributed by atoms with van der Waals surface area (Å²) in [5.41, 5.74) is 31.6. The van der Waals surface area contributed by atoms with Crippen molar-refractivity contribution < 1.29 is 0 Å². The van der Waals surface area contributed by atoms with Gasteiger partial charge in [-0.2, -0.15) is 0 Å². The van der Waals surface area contributed by atoms with Crippen LogP contribution in [0.25, 0.3) is 78.9 Å². The monoisotopic (exact) mass is 1530 g/mol. The first-order valence-corrected chi connectivity index (χ1v) is 40.6. The van der Waals surface area contributed by atoms with E-state index in [2.05, 4.69) is 305 Å². The second-order valence-electron chi connectivity index (χ2n) is 30.9. The lowest BCUT2D eigenvalue weighted by Crippen LogP contribution is -2.33. The van der Waals surface area contributed by atoms with E-state index < -0.39 is 0 Å². The first-order chi connectivity index (χ1) is 53.0. The van der Waals surface area contributed by atoms with Crippen LogP contribution in [-0.4, -0.2) is 92.2 Å². The van der Waals surface area contributed by atoms with Crippen molar-refractivity contribution in [3.63, 3.8) is 0 Å². The molecular weight excluding hydrogens is 1430 g/mol. The molecule has 0 radical (unpaired) electrons. The SMILES string of the molecule is C/C(=C\n1c2c(c3cc(C)ccc31)CCN(C)C2C)c1ccc(Cl)cc1.C/C(=C\n1c2c(c3cc(C)ccc31)CCN(C)C2c1ccccc1)c1ccc(Cl)cc1.CCC1c2c(c3cc(C)ccc3n2/C=C(\C)c2ccc(Cl)cc2)CCN1C.CCC1c2c(c3cc(C)ccc3n2C#Cc2ccc(Cl)cc2)CCN1C. The Balaban J connectivity index is 0.000000123. The fourth-order valence-corrected chi connectivity index (χ4v) is 17.9. The van der Waals surface area contributed by atoms with Gasteiger partial charge in [0, 0.05) is 121 Å². The Hall–Kier alpha value is -9.08.